The summed E-state index contributed by atoms with van der Waals surface area (Å²) in [4.78, 5) is 0. The van der Waals surface area contributed by atoms with Gasteiger partial charge in [-0.2, -0.15) is 5.26 Å². The van der Waals surface area contributed by atoms with Crippen LogP contribution in [0.25, 0.3) is 0 Å². The van der Waals surface area contributed by atoms with Crippen molar-refractivity contribution in [3.63, 3.8) is 0 Å². The summed E-state index contributed by atoms with van der Waals surface area (Å²) in [6.45, 7) is 2.13. The van der Waals surface area contributed by atoms with Gasteiger partial charge in [-0.25, -0.2) is 0 Å². The number of halogens is 1. The minimum absolute atomic E-state index is 0.280. The van der Waals surface area contributed by atoms with Crippen molar-refractivity contribution in [1.29, 1.82) is 5.26 Å². The first-order valence-corrected chi connectivity index (χ1v) is 7.51. The molecule has 3 nitrogen and oxygen atoms in total. The quantitative estimate of drug-likeness (QED) is 0.875. The summed E-state index contributed by atoms with van der Waals surface area (Å²) >= 11 is 3.49. The molecule has 4 heteroatoms. The van der Waals surface area contributed by atoms with E-state index < -0.39 is 0 Å². The number of nitriles is 1. The molecule has 108 valence electrons. The average Bonchev–Trinajstić information content (AvgIpc) is 2.50. The van der Waals surface area contributed by atoms with Crippen LogP contribution >= 0.6 is 15.9 Å². The highest BCUT2D eigenvalue weighted by Gasteiger charge is 2.07. The van der Waals surface area contributed by atoms with Gasteiger partial charge in [0.2, 0.25) is 0 Å². The lowest BCUT2D eigenvalue weighted by Gasteiger charge is -2.17. The molecule has 2 aromatic rings. The molecule has 2 aromatic carbocycles. The van der Waals surface area contributed by atoms with Gasteiger partial charge in [-0.05, 0) is 65.2 Å². The largest absolute Gasteiger partial charge is 0.497 e. The van der Waals surface area contributed by atoms with Crippen molar-refractivity contribution in [3.8, 4) is 11.8 Å². The second kappa shape index (κ2) is 7.14. The zero-order chi connectivity index (χ0) is 15.2. The molecular weight excluding hydrogens is 328 g/mol. The van der Waals surface area contributed by atoms with Gasteiger partial charge in [-0.1, -0.05) is 12.1 Å². The van der Waals surface area contributed by atoms with Crippen LogP contribution in [0.4, 0.5) is 5.69 Å². The lowest BCUT2D eigenvalue weighted by Crippen LogP contribution is -2.18. The average molecular weight is 345 g/mol. The second-order valence-corrected chi connectivity index (χ2v) is 5.76. The van der Waals surface area contributed by atoms with E-state index in [1.54, 1.807) is 7.11 Å². The molecule has 1 atom stereocenters. The van der Waals surface area contributed by atoms with Gasteiger partial charge < -0.3 is 10.1 Å². The maximum Gasteiger partial charge on any atom is 0.118 e. The van der Waals surface area contributed by atoms with Crippen LogP contribution in [0, 0.1) is 11.3 Å². The van der Waals surface area contributed by atoms with Crippen LogP contribution in [0.5, 0.6) is 5.75 Å². The Morgan fingerprint density at radius 2 is 1.95 bits per heavy atom. The highest BCUT2D eigenvalue weighted by atomic mass is 79.9. The number of ether oxygens (including phenoxy) is 1. The van der Waals surface area contributed by atoms with E-state index in [-0.39, 0.29) is 6.04 Å². The summed E-state index contributed by atoms with van der Waals surface area (Å²) in [7, 11) is 1.67. The van der Waals surface area contributed by atoms with Crippen molar-refractivity contribution in [2.24, 2.45) is 0 Å². The zero-order valence-corrected chi connectivity index (χ0v) is 13.6. The Morgan fingerprint density at radius 1 is 1.24 bits per heavy atom. The third kappa shape index (κ3) is 4.24. The minimum Gasteiger partial charge on any atom is -0.497 e. The number of nitrogens with one attached hydrogen (secondary N) is 1. The van der Waals surface area contributed by atoms with Gasteiger partial charge in [0, 0.05) is 16.2 Å². The fraction of sp³-hybridized carbons (Fsp3) is 0.235. The van der Waals surface area contributed by atoms with Crippen molar-refractivity contribution in [3.05, 3.63) is 58.1 Å². The molecule has 0 radical (unpaired) electrons. The second-order valence-electron chi connectivity index (χ2n) is 4.90. The van der Waals surface area contributed by atoms with Crippen molar-refractivity contribution >= 4 is 21.6 Å². The van der Waals surface area contributed by atoms with Gasteiger partial charge in [0.25, 0.3) is 0 Å². The molecule has 0 aliphatic heterocycles. The Morgan fingerprint density at radius 3 is 2.52 bits per heavy atom. The molecule has 21 heavy (non-hydrogen) atoms. The van der Waals surface area contributed by atoms with Crippen molar-refractivity contribution in [2.45, 2.75) is 19.4 Å². The molecule has 1 unspecified atom stereocenters. The Bertz CT molecular complexity index is 647. The van der Waals surface area contributed by atoms with E-state index in [0.717, 1.165) is 22.3 Å². The van der Waals surface area contributed by atoms with Crippen molar-refractivity contribution in [1.82, 2.24) is 0 Å². The van der Waals surface area contributed by atoms with Crippen molar-refractivity contribution < 1.29 is 4.74 Å². The topological polar surface area (TPSA) is 45.0 Å². The number of benzene rings is 2. The summed E-state index contributed by atoms with van der Waals surface area (Å²) in [5.41, 5.74) is 2.89. The first kappa shape index (κ1) is 15.4. The number of anilines is 1. The number of hydrogen-bond acceptors (Lipinski definition) is 3. The Labute approximate surface area is 133 Å². The minimum atomic E-state index is 0.280. The molecule has 0 fully saturated rings. The highest BCUT2D eigenvalue weighted by Crippen LogP contribution is 2.24. The normalized spacial score (nSPS) is 11.5. The van der Waals surface area contributed by atoms with Gasteiger partial charge >= 0.3 is 0 Å². The van der Waals surface area contributed by atoms with Crippen LogP contribution in [-0.4, -0.2) is 13.2 Å². The SMILES string of the molecule is COc1ccc(CC(C)Nc2ccc(C#N)cc2Br)cc1. The van der Waals surface area contributed by atoms with Crippen LogP contribution in [0.15, 0.2) is 46.9 Å². The lowest BCUT2D eigenvalue weighted by molar-refractivity contribution is 0.414. The molecule has 0 saturated heterocycles. The fourth-order valence-corrected chi connectivity index (χ4v) is 2.63. The fourth-order valence-electron chi connectivity index (χ4n) is 2.13. The highest BCUT2D eigenvalue weighted by molar-refractivity contribution is 9.10. The molecule has 0 aliphatic carbocycles. The molecule has 0 heterocycles. The third-order valence-electron chi connectivity index (χ3n) is 3.20. The van der Waals surface area contributed by atoms with Crippen LogP contribution in [-0.2, 0) is 6.42 Å². The van der Waals surface area contributed by atoms with Crippen LogP contribution in [0.2, 0.25) is 0 Å². The number of rotatable bonds is 5. The van der Waals surface area contributed by atoms with Gasteiger partial charge in [-0.15, -0.1) is 0 Å². The van der Waals surface area contributed by atoms with Crippen LogP contribution in [0.1, 0.15) is 18.1 Å². The summed E-state index contributed by atoms with van der Waals surface area (Å²) in [6.07, 6.45) is 0.913. The van der Waals surface area contributed by atoms with Crippen LogP contribution < -0.4 is 10.1 Å². The zero-order valence-electron chi connectivity index (χ0n) is 12.1. The van der Waals surface area contributed by atoms with E-state index in [1.807, 2.05) is 30.3 Å². The summed E-state index contributed by atoms with van der Waals surface area (Å²) in [5, 5.41) is 12.3. The Balaban J connectivity index is 2.01. The number of nitrogens with zero attached hydrogens (tertiary/aromatic N) is 1. The summed E-state index contributed by atoms with van der Waals surface area (Å²) < 4.78 is 6.06. The standard InChI is InChI=1S/C17H17BrN2O/c1-12(9-13-3-6-15(21-2)7-4-13)20-17-8-5-14(11-19)10-16(17)18/h3-8,10,12,20H,9H2,1-2H3. The van der Waals surface area contributed by atoms with Gasteiger partial charge in [0.15, 0.2) is 0 Å². The Kier molecular flexibility index (Phi) is 5.24. The number of methoxy groups -OCH3 is 1. The molecule has 0 saturated carbocycles. The monoisotopic (exact) mass is 344 g/mol. The smallest absolute Gasteiger partial charge is 0.118 e. The van der Waals surface area contributed by atoms with E-state index in [1.165, 1.54) is 5.56 Å². The van der Waals surface area contributed by atoms with Crippen LogP contribution in [0.3, 0.4) is 0 Å². The summed E-state index contributed by atoms with van der Waals surface area (Å²) in [5.74, 6) is 0.870. The maximum absolute atomic E-state index is 8.87. The van der Waals surface area contributed by atoms with E-state index in [9.17, 15) is 0 Å². The van der Waals surface area contributed by atoms with Crippen molar-refractivity contribution in [2.75, 3.05) is 12.4 Å². The number of hydrogen-bond donors (Lipinski definition) is 1. The van der Waals surface area contributed by atoms with Gasteiger partial charge in [0.1, 0.15) is 5.75 Å². The molecule has 1 N–H and O–H groups in total. The molecule has 0 aliphatic rings. The van der Waals surface area contributed by atoms with E-state index >= 15 is 0 Å². The first-order valence-electron chi connectivity index (χ1n) is 6.71. The molecule has 2 rings (SSSR count). The lowest BCUT2D eigenvalue weighted by atomic mass is 10.1. The molecular formula is C17H17BrN2O. The molecule has 0 bridgehead atoms. The molecule has 0 spiro atoms. The van der Waals surface area contributed by atoms with E-state index in [4.69, 9.17) is 10.00 Å². The molecule has 0 amide bonds. The predicted octanol–water partition coefficient (Wildman–Crippen LogP) is 4.37. The summed E-state index contributed by atoms with van der Waals surface area (Å²) in [6, 6.07) is 16.1. The Hall–Kier alpha value is -1.99. The van der Waals surface area contributed by atoms with Gasteiger partial charge in [0.05, 0.1) is 18.7 Å². The van der Waals surface area contributed by atoms with E-state index in [0.29, 0.717) is 5.56 Å². The predicted molar refractivity (Wildman–Crippen MR) is 88.6 cm³/mol. The van der Waals surface area contributed by atoms with Gasteiger partial charge in [-0.3, -0.25) is 0 Å². The maximum atomic E-state index is 8.87. The molecule has 0 aromatic heterocycles. The first-order chi connectivity index (χ1) is 10.1. The third-order valence-corrected chi connectivity index (χ3v) is 3.86. The van der Waals surface area contributed by atoms with E-state index in [2.05, 4.69) is 46.4 Å².